The Bertz CT molecular complexity index is 1010. The fourth-order valence-corrected chi connectivity index (χ4v) is 3.45. The van der Waals surface area contributed by atoms with E-state index in [9.17, 15) is 4.79 Å². The Morgan fingerprint density at radius 1 is 1.00 bits per heavy atom. The van der Waals surface area contributed by atoms with Gasteiger partial charge < -0.3 is 14.5 Å². The molecule has 1 amide bonds. The van der Waals surface area contributed by atoms with Crippen molar-refractivity contribution in [1.29, 1.82) is 0 Å². The smallest absolute Gasteiger partial charge is 0.410 e. The predicted molar refractivity (Wildman–Crippen MR) is 113 cm³/mol. The number of aromatic nitrogens is 3. The molecule has 29 heavy (non-hydrogen) atoms. The number of piperazine rings is 1. The number of hydrogen-bond acceptors (Lipinski definition) is 6. The van der Waals surface area contributed by atoms with E-state index in [1.54, 1.807) is 29.7 Å². The SMILES string of the molecule is CC(C)(C)OC(=O)N1CCN(c2cc(-c3ccncc3)nc3cnccc23)CC1. The molecule has 0 radical (unpaired) electrons. The molecule has 150 valence electrons. The zero-order valence-electron chi connectivity index (χ0n) is 17.0. The van der Waals surface area contributed by atoms with Crippen molar-refractivity contribution in [2.24, 2.45) is 0 Å². The third-order valence-electron chi connectivity index (χ3n) is 4.84. The van der Waals surface area contributed by atoms with Crippen LogP contribution >= 0.6 is 0 Å². The summed E-state index contributed by atoms with van der Waals surface area (Å²) in [5.41, 5.74) is 3.37. The molecule has 1 fully saturated rings. The van der Waals surface area contributed by atoms with Gasteiger partial charge >= 0.3 is 6.09 Å². The number of carbonyl (C=O) groups is 1. The van der Waals surface area contributed by atoms with Crippen LogP contribution in [-0.4, -0.2) is 57.7 Å². The van der Waals surface area contributed by atoms with Crippen LogP contribution < -0.4 is 4.90 Å². The number of rotatable bonds is 2. The molecule has 0 spiro atoms. The fourth-order valence-electron chi connectivity index (χ4n) is 3.45. The summed E-state index contributed by atoms with van der Waals surface area (Å²) in [4.78, 5) is 29.6. The molecule has 0 saturated carbocycles. The highest BCUT2D eigenvalue weighted by Gasteiger charge is 2.26. The average Bonchev–Trinajstić information content (AvgIpc) is 2.72. The van der Waals surface area contributed by atoms with Gasteiger partial charge in [0.1, 0.15) is 5.60 Å². The van der Waals surface area contributed by atoms with Crippen molar-refractivity contribution in [2.75, 3.05) is 31.1 Å². The lowest BCUT2D eigenvalue weighted by Crippen LogP contribution is -2.50. The number of ether oxygens (including phenoxy) is 1. The van der Waals surface area contributed by atoms with Crippen molar-refractivity contribution in [3.63, 3.8) is 0 Å². The first-order valence-electron chi connectivity index (χ1n) is 9.79. The van der Waals surface area contributed by atoms with Crippen LogP contribution in [0.15, 0.2) is 49.1 Å². The number of hydrogen-bond donors (Lipinski definition) is 0. The van der Waals surface area contributed by atoms with E-state index in [-0.39, 0.29) is 6.09 Å². The van der Waals surface area contributed by atoms with E-state index >= 15 is 0 Å². The van der Waals surface area contributed by atoms with Gasteiger partial charge in [0.2, 0.25) is 0 Å². The Labute approximate surface area is 170 Å². The molecule has 1 aliphatic heterocycles. The first-order valence-corrected chi connectivity index (χ1v) is 9.79. The molecule has 0 bridgehead atoms. The summed E-state index contributed by atoms with van der Waals surface area (Å²) in [5, 5.41) is 1.06. The topological polar surface area (TPSA) is 71.5 Å². The van der Waals surface area contributed by atoms with E-state index < -0.39 is 5.60 Å². The summed E-state index contributed by atoms with van der Waals surface area (Å²) >= 11 is 0. The van der Waals surface area contributed by atoms with Crippen LogP contribution in [0, 0.1) is 0 Å². The van der Waals surface area contributed by atoms with Crippen LogP contribution in [-0.2, 0) is 4.74 Å². The number of nitrogens with zero attached hydrogens (tertiary/aromatic N) is 5. The standard InChI is InChI=1S/C22H25N5O2/c1-22(2,3)29-21(28)27-12-10-26(11-13-27)20-14-18(16-4-7-23-8-5-16)25-19-15-24-9-6-17(19)20/h4-9,14-15H,10-13H2,1-3H3. The van der Waals surface area contributed by atoms with Crippen molar-refractivity contribution in [1.82, 2.24) is 19.9 Å². The molecular weight excluding hydrogens is 366 g/mol. The van der Waals surface area contributed by atoms with Crippen LogP contribution in [0.3, 0.4) is 0 Å². The molecule has 3 aromatic rings. The highest BCUT2D eigenvalue weighted by molar-refractivity contribution is 5.93. The summed E-state index contributed by atoms with van der Waals surface area (Å²) in [5.74, 6) is 0. The van der Waals surface area contributed by atoms with Gasteiger partial charge in [-0.15, -0.1) is 0 Å². The van der Waals surface area contributed by atoms with Crippen molar-refractivity contribution in [3.05, 3.63) is 49.1 Å². The molecule has 1 aliphatic rings. The molecule has 0 unspecified atom stereocenters. The van der Waals surface area contributed by atoms with Gasteiger partial charge in [0.15, 0.2) is 0 Å². The zero-order valence-corrected chi connectivity index (χ0v) is 17.0. The van der Waals surface area contributed by atoms with Crippen molar-refractivity contribution in [2.45, 2.75) is 26.4 Å². The lowest BCUT2D eigenvalue weighted by molar-refractivity contribution is 0.0240. The second-order valence-electron chi connectivity index (χ2n) is 8.11. The molecular formula is C22H25N5O2. The lowest BCUT2D eigenvalue weighted by atomic mass is 10.1. The Morgan fingerprint density at radius 3 is 2.38 bits per heavy atom. The third kappa shape index (κ3) is 4.29. The quantitative estimate of drug-likeness (QED) is 0.663. The van der Waals surface area contributed by atoms with E-state index in [1.165, 1.54) is 0 Å². The minimum absolute atomic E-state index is 0.251. The second-order valence-corrected chi connectivity index (χ2v) is 8.11. The largest absolute Gasteiger partial charge is 0.444 e. The molecule has 3 aromatic heterocycles. The summed E-state index contributed by atoms with van der Waals surface area (Å²) in [6.07, 6.45) is 6.86. The van der Waals surface area contributed by atoms with Crippen molar-refractivity contribution in [3.8, 4) is 11.3 Å². The first kappa shape index (κ1) is 19.1. The Balaban J connectivity index is 1.60. The first-order chi connectivity index (χ1) is 13.9. The minimum atomic E-state index is -0.484. The number of pyridine rings is 3. The van der Waals surface area contributed by atoms with Crippen LogP contribution in [0.25, 0.3) is 22.2 Å². The van der Waals surface area contributed by atoms with E-state index in [2.05, 4.69) is 20.9 Å². The molecule has 0 aliphatic carbocycles. The summed E-state index contributed by atoms with van der Waals surface area (Å²) in [6.45, 7) is 8.37. The predicted octanol–water partition coefficient (Wildman–Crippen LogP) is 3.75. The maximum atomic E-state index is 12.4. The van der Waals surface area contributed by atoms with E-state index in [1.807, 2.05) is 39.0 Å². The van der Waals surface area contributed by atoms with Crippen LogP contribution in [0.5, 0.6) is 0 Å². The molecule has 4 rings (SSSR count). The fraction of sp³-hybridized carbons (Fsp3) is 0.364. The van der Waals surface area contributed by atoms with E-state index in [0.717, 1.165) is 40.9 Å². The Morgan fingerprint density at radius 2 is 1.69 bits per heavy atom. The highest BCUT2D eigenvalue weighted by atomic mass is 16.6. The number of amides is 1. The van der Waals surface area contributed by atoms with Crippen molar-refractivity contribution < 1.29 is 9.53 Å². The number of fused-ring (bicyclic) bond motifs is 1. The van der Waals surface area contributed by atoms with Gasteiger partial charge in [-0.3, -0.25) is 9.97 Å². The lowest BCUT2D eigenvalue weighted by Gasteiger charge is -2.37. The van der Waals surface area contributed by atoms with Gasteiger partial charge in [-0.05, 0) is 45.0 Å². The van der Waals surface area contributed by atoms with Gasteiger partial charge in [0.25, 0.3) is 0 Å². The van der Waals surface area contributed by atoms with Crippen LogP contribution in [0.1, 0.15) is 20.8 Å². The van der Waals surface area contributed by atoms with Gasteiger partial charge in [-0.25, -0.2) is 9.78 Å². The molecule has 0 aromatic carbocycles. The minimum Gasteiger partial charge on any atom is -0.444 e. The second kappa shape index (κ2) is 7.66. The van der Waals surface area contributed by atoms with Gasteiger partial charge in [0.05, 0.1) is 17.4 Å². The molecule has 0 N–H and O–H groups in total. The molecule has 7 nitrogen and oxygen atoms in total. The van der Waals surface area contributed by atoms with Crippen LogP contribution in [0.2, 0.25) is 0 Å². The van der Waals surface area contributed by atoms with E-state index in [0.29, 0.717) is 13.1 Å². The number of carbonyl (C=O) groups excluding carboxylic acids is 1. The maximum Gasteiger partial charge on any atom is 0.410 e. The molecule has 7 heteroatoms. The maximum absolute atomic E-state index is 12.4. The summed E-state index contributed by atoms with van der Waals surface area (Å²) < 4.78 is 5.51. The molecule has 1 saturated heterocycles. The normalized spacial score (nSPS) is 14.9. The van der Waals surface area contributed by atoms with Crippen molar-refractivity contribution >= 4 is 22.7 Å². The summed E-state index contributed by atoms with van der Waals surface area (Å²) in [6, 6.07) is 8.01. The zero-order chi connectivity index (χ0) is 20.4. The summed E-state index contributed by atoms with van der Waals surface area (Å²) in [7, 11) is 0. The molecule has 0 atom stereocenters. The Kier molecular flexibility index (Phi) is 5.05. The number of anilines is 1. The third-order valence-corrected chi connectivity index (χ3v) is 4.84. The van der Waals surface area contributed by atoms with E-state index in [4.69, 9.17) is 9.72 Å². The van der Waals surface area contributed by atoms with Gasteiger partial charge in [-0.2, -0.15) is 0 Å². The van der Waals surface area contributed by atoms with Gasteiger partial charge in [-0.1, -0.05) is 0 Å². The highest BCUT2D eigenvalue weighted by Crippen LogP contribution is 2.31. The Hall–Kier alpha value is -3.22. The average molecular weight is 391 g/mol. The molecule has 4 heterocycles. The van der Waals surface area contributed by atoms with Gasteiger partial charge in [0, 0.05) is 61.4 Å². The monoisotopic (exact) mass is 391 g/mol. The van der Waals surface area contributed by atoms with Crippen LogP contribution in [0.4, 0.5) is 10.5 Å².